The number of fused-ring (bicyclic) bond motifs is 1. The second-order valence-corrected chi connectivity index (χ2v) is 10.6. The average Bonchev–Trinajstić information content (AvgIpc) is 3.04. The van der Waals surface area contributed by atoms with Crippen LogP contribution >= 0.6 is 23.2 Å². The molecule has 192 valence electrons. The SMILES string of the molecule is O=C(O)c1ccc2c(c1)CCCC(c1ccc(Cl)cc1Cl)=C2c1cccc(NC2CN(CCCF)C2)c1. The zero-order valence-electron chi connectivity index (χ0n) is 20.4. The number of allylic oxidation sites excluding steroid dienone is 1. The van der Waals surface area contributed by atoms with Gasteiger partial charge in [-0.05, 0) is 95.5 Å². The number of carboxylic acid groups (broad SMARTS) is 1. The number of nitrogens with one attached hydrogen (secondary N) is 1. The first-order valence-electron chi connectivity index (χ1n) is 12.6. The van der Waals surface area contributed by atoms with E-state index in [0.29, 0.717) is 28.1 Å². The minimum atomic E-state index is -0.925. The molecule has 0 radical (unpaired) electrons. The second-order valence-electron chi connectivity index (χ2n) is 9.73. The van der Waals surface area contributed by atoms with Gasteiger partial charge in [0.05, 0.1) is 18.3 Å². The van der Waals surface area contributed by atoms with Crippen molar-refractivity contribution in [2.24, 2.45) is 0 Å². The van der Waals surface area contributed by atoms with Crippen molar-refractivity contribution in [1.82, 2.24) is 4.90 Å². The summed E-state index contributed by atoms with van der Waals surface area (Å²) in [5.41, 5.74) is 7.55. The molecule has 0 amide bonds. The van der Waals surface area contributed by atoms with E-state index in [2.05, 4.69) is 28.4 Å². The van der Waals surface area contributed by atoms with Gasteiger partial charge in [0.15, 0.2) is 0 Å². The number of halogens is 3. The van der Waals surface area contributed by atoms with Crippen LogP contribution in [0.4, 0.5) is 10.1 Å². The van der Waals surface area contributed by atoms with E-state index in [-0.39, 0.29) is 6.67 Å². The van der Waals surface area contributed by atoms with Crippen LogP contribution in [0.5, 0.6) is 0 Å². The van der Waals surface area contributed by atoms with Crippen LogP contribution in [-0.2, 0) is 6.42 Å². The van der Waals surface area contributed by atoms with E-state index in [1.807, 2.05) is 24.3 Å². The van der Waals surface area contributed by atoms with E-state index in [4.69, 9.17) is 23.2 Å². The number of carboxylic acids is 1. The highest BCUT2D eigenvalue weighted by Crippen LogP contribution is 2.43. The standard InChI is InChI=1S/C30H29Cl2FN2O2/c31-22-9-11-26(28(32)16-22)27-7-2-4-19-14-21(30(36)37)8-10-25(19)29(27)20-5-1-6-23(15-20)34-24-17-35(18-24)13-3-12-33/h1,5-6,8-11,14-16,24,34H,2-4,7,12-13,17-18H2,(H,36,37). The maximum atomic E-state index is 12.5. The lowest BCUT2D eigenvalue weighted by Gasteiger charge is -2.40. The molecule has 0 atom stereocenters. The number of hydrogen-bond donors (Lipinski definition) is 2. The number of carbonyl (C=O) groups is 1. The molecule has 0 unspecified atom stereocenters. The van der Waals surface area contributed by atoms with Gasteiger partial charge in [-0.3, -0.25) is 9.29 Å². The van der Waals surface area contributed by atoms with Gasteiger partial charge in [0.2, 0.25) is 0 Å². The van der Waals surface area contributed by atoms with Crippen molar-refractivity contribution in [3.63, 3.8) is 0 Å². The summed E-state index contributed by atoms with van der Waals surface area (Å²) in [6, 6.07) is 19.7. The molecule has 7 heteroatoms. The summed E-state index contributed by atoms with van der Waals surface area (Å²) in [5.74, 6) is -0.925. The number of alkyl halides is 1. The highest BCUT2D eigenvalue weighted by molar-refractivity contribution is 6.36. The molecule has 1 fully saturated rings. The molecule has 3 aromatic rings. The third-order valence-electron chi connectivity index (χ3n) is 7.14. The lowest BCUT2D eigenvalue weighted by atomic mass is 9.87. The molecule has 0 saturated carbocycles. The molecule has 3 aromatic carbocycles. The first-order chi connectivity index (χ1) is 17.9. The van der Waals surface area contributed by atoms with E-state index in [0.717, 1.165) is 78.0 Å². The number of aromatic carboxylic acids is 1. The van der Waals surface area contributed by atoms with Crippen LogP contribution in [0.1, 0.15) is 51.9 Å². The van der Waals surface area contributed by atoms with Gasteiger partial charge >= 0.3 is 5.97 Å². The highest BCUT2D eigenvalue weighted by Gasteiger charge is 2.27. The van der Waals surface area contributed by atoms with E-state index in [9.17, 15) is 14.3 Å². The highest BCUT2D eigenvalue weighted by atomic mass is 35.5. The fourth-order valence-electron chi connectivity index (χ4n) is 5.38. The lowest BCUT2D eigenvalue weighted by Crippen LogP contribution is -2.54. The zero-order valence-corrected chi connectivity index (χ0v) is 22.0. The quantitative estimate of drug-likeness (QED) is 0.312. The van der Waals surface area contributed by atoms with Crippen LogP contribution in [0.3, 0.4) is 0 Å². The van der Waals surface area contributed by atoms with Crippen molar-refractivity contribution < 1.29 is 14.3 Å². The third kappa shape index (κ3) is 5.69. The largest absolute Gasteiger partial charge is 0.478 e. The molecular weight excluding hydrogens is 510 g/mol. The monoisotopic (exact) mass is 538 g/mol. The minimum absolute atomic E-state index is 0.277. The predicted octanol–water partition coefficient (Wildman–Crippen LogP) is 7.44. The van der Waals surface area contributed by atoms with Gasteiger partial charge in [0.25, 0.3) is 0 Å². The first kappa shape index (κ1) is 25.8. The summed E-state index contributed by atoms with van der Waals surface area (Å²) in [5, 5.41) is 14.4. The van der Waals surface area contributed by atoms with E-state index >= 15 is 0 Å². The van der Waals surface area contributed by atoms with Crippen molar-refractivity contribution in [1.29, 1.82) is 0 Å². The number of hydrogen-bond acceptors (Lipinski definition) is 3. The fraction of sp³-hybridized carbons (Fsp3) is 0.300. The lowest BCUT2D eigenvalue weighted by molar-refractivity contribution is 0.0696. The van der Waals surface area contributed by atoms with Gasteiger partial charge in [-0.1, -0.05) is 47.5 Å². The second kappa shape index (κ2) is 11.3. The van der Waals surface area contributed by atoms with Gasteiger partial charge in [-0.15, -0.1) is 0 Å². The van der Waals surface area contributed by atoms with Crippen molar-refractivity contribution in [2.75, 3.05) is 31.6 Å². The van der Waals surface area contributed by atoms with Gasteiger partial charge in [0.1, 0.15) is 0 Å². The topological polar surface area (TPSA) is 52.6 Å². The molecule has 1 heterocycles. The normalized spacial score (nSPS) is 16.2. The first-order valence-corrected chi connectivity index (χ1v) is 13.4. The number of anilines is 1. The molecule has 0 aromatic heterocycles. The van der Waals surface area contributed by atoms with Crippen molar-refractivity contribution in [2.45, 2.75) is 31.7 Å². The summed E-state index contributed by atoms with van der Waals surface area (Å²) in [7, 11) is 0. The Hall–Kier alpha value is -2.86. The maximum Gasteiger partial charge on any atom is 0.335 e. The Bertz CT molecular complexity index is 1350. The number of aryl methyl sites for hydroxylation is 1. The average molecular weight is 539 g/mol. The number of rotatable bonds is 8. The number of likely N-dealkylation sites (tertiary alicyclic amines) is 1. The minimum Gasteiger partial charge on any atom is -0.478 e. The summed E-state index contributed by atoms with van der Waals surface area (Å²) in [6.07, 6.45) is 3.04. The zero-order chi connectivity index (χ0) is 25.9. The van der Waals surface area contributed by atoms with Gasteiger partial charge in [-0.2, -0.15) is 0 Å². The number of benzene rings is 3. The Morgan fingerprint density at radius 1 is 1.03 bits per heavy atom. The van der Waals surface area contributed by atoms with Crippen molar-refractivity contribution >= 4 is 46.0 Å². The Labute approximate surface area is 226 Å². The molecule has 1 aliphatic carbocycles. The summed E-state index contributed by atoms with van der Waals surface area (Å²) in [6.45, 7) is 2.32. The molecule has 0 spiro atoms. The van der Waals surface area contributed by atoms with Crippen LogP contribution in [0.2, 0.25) is 10.0 Å². The van der Waals surface area contributed by atoms with Crippen molar-refractivity contribution in [3.8, 4) is 0 Å². The van der Waals surface area contributed by atoms with Crippen LogP contribution in [-0.4, -0.2) is 48.3 Å². The smallest absolute Gasteiger partial charge is 0.335 e. The summed E-state index contributed by atoms with van der Waals surface area (Å²) >= 11 is 12.9. The summed E-state index contributed by atoms with van der Waals surface area (Å²) in [4.78, 5) is 13.9. The Morgan fingerprint density at radius 2 is 1.84 bits per heavy atom. The van der Waals surface area contributed by atoms with Gasteiger partial charge in [0, 0.05) is 35.4 Å². The van der Waals surface area contributed by atoms with Crippen LogP contribution < -0.4 is 5.32 Å². The molecule has 2 aliphatic rings. The van der Waals surface area contributed by atoms with E-state index in [1.165, 1.54) is 0 Å². The number of nitrogens with zero attached hydrogens (tertiary/aromatic N) is 1. The van der Waals surface area contributed by atoms with Crippen LogP contribution in [0.25, 0.3) is 11.1 Å². The third-order valence-corrected chi connectivity index (χ3v) is 7.69. The molecule has 2 N–H and O–H groups in total. The van der Waals surface area contributed by atoms with E-state index < -0.39 is 5.97 Å². The molecule has 4 nitrogen and oxygen atoms in total. The molecule has 0 bridgehead atoms. The Morgan fingerprint density at radius 3 is 2.59 bits per heavy atom. The van der Waals surface area contributed by atoms with Crippen LogP contribution in [0, 0.1) is 0 Å². The van der Waals surface area contributed by atoms with Crippen molar-refractivity contribution in [3.05, 3.63) is 98.5 Å². The van der Waals surface area contributed by atoms with E-state index in [1.54, 1.807) is 18.2 Å². The molecular formula is C30H29Cl2FN2O2. The molecule has 37 heavy (non-hydrogen) atoms. The molecule has 5 rings (SSSR count). The Balaban J connectivity index is 1.56. The predicted molar refractivity (Wildman–Crippen MR) is 150 cm³/mol. The van der Waals surface area contributed by atoms with Crippen LogP contribution in [0.15, 0.2) is 60.7 Å². The fourth-order valence-corrected chi connectivity index (χ4v) is 5.90. The maximum absolute atomic E-state index is 12.5. The molecule has 1 saturated heterocycles. The van der Waals surface area contributed by atoms with Gasteiger partial charge < -0.3 is 10.4 Å². The Kier molecular flexibility index (Phi) is 7.84. The summed E-state index contributed by atoms with van der Waals surface area (Å²) < 4.78 is 12.5. The van der Waals surface area contributed by atoms with Gasteiger partial charge in [-0.25, -0.2) is 4.79 Å². The molecule has 1 aliphatic heterocycles.